The second-order valence-electron chi connectivity index (χ2n) is 4.25. The van der Waals surface area contributed by atoms with Gasteiger partial charge in [0, 0.05) is 23.7 Å². The molecule has 0 saturated carbocycles. The van der Waals surface area contributed by atoms with Crippen molar-refractivity contribution in [1.82, 2.24) is 0 Å². The average Bonchev–Trinajstić information content (AvgIpc) is 2.25. The Morgan fingerprint density at radius 1 is 1.30 bits per heavy atom. The number of ether oxygens (including phenoxy) is 1. The second-order valence-corrected chi connectivity index (χ2v) is 5.78. The van der Waals surface area contributed by atoms with Crippen LogP contribution in [-0.2, 0) is 10.0 Å². The first-order valence-electron chi connectivity index (χ1n) is 5.63. The Balaban J connectivity index is 2.84. The molecule has 114 valence electrons. The first-order chi connectivity index (χ1) is 9.00. The van der Waals surface area contributed by atoms with Gasteiger partial charge in [-0.1, -0.05) is 0 Å². The van der Waals surface area contributed by atoms with Gasteiger partial charge in [-0.05, 0) is 19.4 Å². The van der Waals surface area contributed by atoms with E-state index in [1.54, 1.807) is 0 Å². The van der Waals surface area contributed by atoms with Crippen molar-refractivity contribution < 1.29 is 26.3 Å². The van der Waals surface area contributed by atoms with Crippen LogP contribution < -0.4 is 15.6 Å². The standard InChI is InChI=1S/C11H15F3N2O3S/c1-7-9(19-4-2-3-11(12,13)14)5-8(15)6-10(7)20(16,17)18/h5-6H,2-4,15H2,1H3,(H2,16,17,18). The van der Waals surface area contributed by atoms with Gasteiger partial charge in [-0.2, -0.15) is 13.2 Å². The molecule has 0 bridgehead atoms. The number of rotatable bonds is 5. The number of hydrogen-bond acceptors (Lipinski definition) is 4. The maximum atomic E-state index is 12.0. The molecule has 1 aromatic rings. The molecule has 4 N–H and O–H groups in total. The summed E-state index contributed by atoms with van der Waals surface area (Å²) >= 11 is 0. The summed E-state index contributed by atoms with van der Waals surface area (Å²) in [5.41, 5.74) is 5.84. The molecule has 1 aromatic carbocycles. The largest absolute Gasteiger partial charge is 0.493 e. The molecule has 0 unspecified atom stereocenters. The minimum Gasteiger partial charge on any atom is -0.493 e. The van der Waals surface area contributed by atoms with Crippen LogP contribution in [0.5, 0.6) is 5.75 Å². The van der Waals surface area contributed by atoms with Crippen molar-refractivity contribution in [2.45, 2.75) is 30.8 Å². The fraction of sp³-hybridized carbons (Fsp3) is 0.455. The maximum absolute atomic E-state index is 12.0. The van der Waals surface area contributed by atoms with Gasteiger partial charge in [0.2, 0.25) is 10.0 Å². The molecule has 0 radical (unpaired) electrons. The van der Waals surface area contributed by atoms with Crippen molar-refractivity contribution in [1.29, 1.82) is 0 Å². The van der Waals surface area contributed by atoms with Gasteiger partial charge in [-0.3, -0.25) is 0 Å². The zero-order valence-electron chi connectivity index (χ0n) is 10.7. The molecule has 20 heavy (non-hydrogen) atoms. The van der Waals surface area contributed by atoms with Gasteiger partial charge >= 0.3 is 6.18 Å². The van der Waals surface area contributed by atoms with Gasteiger partial charge in [0.15, 0.2) is 0 Å². The first kappa shape index (κ1) is 16.6. The number of primary sulfonamides is 1. The highest BCUT2D eigenvalue weighted by atomic mass is 32.2. The number of alkyl halides is 3. The fourth-order valence-electron chi connectivity index (χ4n) is 1.58. The molecule has 0 aliphatic carbocycles. The summed E-state index contributed by atoms with van der Waals surface area (Å²) in [6.45, 7) is 1.24. The molecule has 0 aliphatic heterocycles. The number of hydrogen-bond donors (Lipinski definition) is 2. The molecule has 0 aliphatic rings. The van der Waals surface area contributed by atoms with E-state index in [0.29, 0.717) is 0 Å². The van der Waals surface area contributed by atoms with E-state index in [9.17, 15) is 21.6 Å². The highest BCUT2D eigenvalue weighted by Crippen LogP contribution is 2.28. The smallest absolute Gasteiger partial charge is 0.389 e. The Labute approximate surface area is 114 Å². The molecule has 0 aromatic heterocycles. The molecular weight excluding hydrogens is 297 g/mol. The van der Waals surface area contributed by atoms with E-state index in [2.05, 4.69) is 0 Å². The quantitative estimate of drug-likeness (QED) is 0.641. The third kappa shape index (κ3) is 4.89. The summed E-state index contributed by atoms with van der Waals surface area (Å²) in [6, 6.07) is 2.52. The van der Waals surface area contributed by atoms with Crippen molar-refractivity contribution >= 4 is 15.7 Å². The topological polar surface area (TPSA) is 95.4 Å². The maximum Gasteiger partial charge on any atom is 0.389 e. The molecule has 0 amide bonds. The van der Waals surface area contributed by atoms with Gasteiger partial charge in [-0.15, -0.1) is 0 Å². The molecule has 1 rings (SSSR count). The molecular formula is C11H15F3N2O3S. The lowest BCUT2D eigenvalue weighted by Crippen LogP contribution is -2.15. The van der Waals surface area contributed by atoms with Crippen molar-refractivity contribution in [3.05, 3.63) is 17.7 Å². The van der Waals surface area contributed by atoms with Crippen LogP contribution in [0, 0.1) is 6.92 Å². The molecule has 5 nitrogen and oxygen atoms in total. The number of halogens is 3. The SMILES string of the molecule is Cc1c(OCCCC(F)(F)F)cc(N)cc1S(N)(=O)=O. The molecule has 0 atom stereocenters. The summed E-state index contributed by atoms with van der Waals surface area (Å²) in [5, 5.41) is 5.02. The van der Waals surface area contributed by atoms with E-state index in [1.807, 2.05) is 0 Å². The zero-order valence-corrected chi connectivity index (χ0v) is 11.5. The normalized spacial score (nSPS) is 12.4. The summed E-state index contributed by atoms with van der Waals surface area (Å²) in [5.74, 6) is 0.108. The molecule has 0 fully saturated rings. The lowest BCUT2D eigenvalue weighted by atomic mass is 10.2. The third-order valence-corrected chi connectivity index (χ3v) is 3.54. The third-order valence-electron chi connectivity index (χ3n) is 2.50. The van der Waals surface area contributed by atoms with Crippen LogP contribution in [0.15, 0.2) is 17.0 Å². The monoisotopic (exact) mass is 312 g/mol. The van der Waals surface area contributed by atoms with Crippen molar-refractivity contribution in [2.75, 3.05) is 12.3 Å². The van der Waals surface area contributed by atoms with Crippen LogP contribution in [0.4, 0.5) is 18.9 Å². The van der Waals surface area contributed by atoms with E-state index in [0.717, 1.165) is 0 Å². The highest BCUT2D eigenvalue weighted by Gasteiger charge is 2.26. The predicted molar refractivity (Wildman–Crippen MR) is 67.7 cm³/mol. The van der Waals surface area contributed by atoms with Gasteiger partial charge in [0.1, 0.15) is 5.75 Å². The minimum atomic E-state index is -4.25. The van der Waals surface area contributed by atoms with Crippen LogP contribution >= 0.6 is 0 Å². The van der Waals surface area contributed by atoms with Crippen molar-refractivity contribution in [3.8, 4) is 5.75 Å². The summed E-state index contributed by atoms with van der Waals surface area (Å²) in [7, 11) is -3.97. The summed E-state index contributed by atoms with van der Waals surface area (Å²) in [6.07, 6.45) is -5.46. The molecule has 0 heterocycles. The number of anilines is 1. The van der Waals surface area contributed by atoms with Crippen LogP contribution in [0.3, 0.4) is 0 Å². The number of nitrogens with two attached hydrogens (primary N) is 2. The lowest BCUT2D eigenvalue weighted by molar-refractivity contribution is -0.136. The van der Waals surface area contributed by atoms with Gasteiger partial charge in [0.25, 0.3) is 0 Å². The average molecular weight is 312 g/mol. The van der Waals surface area contributed by atoms with E-state index in [4.69, 9.17) is 15.6 Å². The Kier molecular flexibility index (Phi) is 4.87. The molecule has 0 saturated heterocycles. The van der Waals surface area contributed by atoms with Crippen LogP contribution in [0.25, 0.3) is 0 Å². The predicted octanol–water partition coefficient (Wildman–Crippen LogP) is 1.95. The van der Waals surface area contributed by atoms with Crippen molar-refractivity contribution in [3.63, 3.8) is 0 Å². The van der Waals surface area contributed by atoms with Crippen molar-refractivity contribution in [2.24, 2.45) is 5.14 Å². The Morgan fingerprint density at radius 2 is 1.90 bits per heavy atom. The van der Waals surface area contributed by atoms with Crippen LogP contribution in [0.2, 0.25) is 0 Å². The number of sulfonamides is 1. The molecule has 0 spiro atoms. The highest BCUT2D eigenvalue weighted by molar-refractivity contribution is 7.89. The second kappa shape index (κ2) is 5.88. The number of benzene rings is 1. The van der Waals surface area contributed by atoms with Gasteiger partial charge in [-0.25, -0.2) is 13.6 Å². The van der Waals surface area contributed by atoms with E-state index in [1.165, 1.54) is 19.1 Å². The van der Waals surface area contributed by atoms with E-state index >= 15 is 0 Å². The van der Waals surface area contributed by atoms with Gasteiger partial charge < -0.3 is 10.5 Å². The van der Waals surface area contributed by atoms with Gasteiger partial charge in [0.05, 0.1) is 11.5 Å². The summed E-state index contributed by atoms with van der Waals surface area (Å²) < 4.78 is 63.7. The Morgan fingerprint density at radius 3 is 2.40 bits per heavy atom. The lowest BCUT2D eigenvalue weighted by Gasteiger charge is -2.13. The Bertz CT molecular complexity index is 585. The minimum absolute atomic E-state index is 0.102. The number of nitrogen functional groups attached to an aromatic ring is 1. The van der Waals surface area contributed by atoms with E-state index < -0.39 is 22.6 Å². The first-order valence-corrected chi connectivity index (χ1v) is 7.18. The zero-order chi connectivity index (χ0) is 15.6. The van der Waals surface area contributed by atoms with Crippen LogP contribution in [0.1, 0.15) is 18.4 Å². The summed E-state index contributed by atoms with van der Waals surface area (Å²) in [4.78, 5) is -0.205. The Hall–Kier alpha value is -1.48. The van der Waals surface area contributed by atoms with E-state index in [-0.39, 0.29) is 34.9 Å². The molecule has 9 heteroatoms. The fourth-order valence-corrected chi connectivity index (χ4v) is 2.41. The van der Waals surface area contributed by atoms with Crippen LogP contribution in [-0.4, -0.2) is 21.2 Å².